The molecule has 2 heterocycles. The molecule has 4 rings (SSSR count). The number of aromatic nitrogens is 2. The van der Waals surface area contributed by atoms with E-state index in [1.807, 2.05) is 59.2 Å². The van der Waals surface area contributed by atoms with E-state index in [4.69, 9.17) is 4.74 Å². The van der Waals surface area contributed by atoms with Gasteiger partial charge in [0.2, 0.25) is 5.91 Å². The molecule has 1 fully saturated rings. The number of amides is 1. The minimum absolute atomic E-state index is 0.00932. The number of hydrogen-bond donors (Lipinski definition) is 2. The van der Waals surface area contributed by atoms with Gasteiger partial charge >= 0.3 is 0 Å². The number of benzene rings is 2. The van der Waals surface area contributed by atoms with Crippen molar-refractivity contribution < 1.29 is 9.53 Å². The third-order valence-electron chi connectivity index (χ3n) is 5.18. The van der Waals surface area contributed by atoms with E-state index < -0.39 is 0 Å². The molecular weight excluding hydrogens is 352 g/mol. The van der Waals surface area contributed by atoms with Gasteiger partial charge in [-0.05, 0) is 56.1 Å². The fourth-order valence-corrected chi connectivity index (χ4v) is 3.65. The molecule has 146 valence electrons. The molecule has 0 bridgehead atoms. The summed E-state index contributed by atoms with van der Waals surface area (Å²) in [6, 6.07) is 17.5. The van der Waals surface area contributed by atoms with Gasteiger partial charge in [-0.15, -0.1) is 0 Å². The van der Waals surface area contributed by atoms with Crippen molar-refractivity contribution in [1.29, 1.82) is 0 Å². The molecule has 0 aliphatic carbocycles. The van der Waals surface area contributed by atoms with Gasteiger partial charge in [-0.2, -0.15) is 0 Å². The molecule has 1 unspecified atom stereocenters. The topological polar surface area (TPSA) is 68.2 Å². The summed E-state index contributed by atoms with van der Waals surface area (Å²) in [5.41, 5.74) is 1.82. The van der Waals surface area contributed by atoms with Crippen molar-refractivity contribution in [3.05, 3.63) is 60.4 Å². The number of carbonyl (C=O) groups is 1. The van der Waals surface area contributed by atoms with Gasteiger partial charge in [-0.3, -0.25) is 4.79 Å². The molecule has 1 aliphatic heterocycles. The second-order valence-corrected chi connectivity index (χ2v) is 7.20. The van der Waals surface area contributed by atoms with E-state index >= 15 is 0 Å². The molecule has 0 saturated carbocycles. The first-order valence-electron chi connectivity index (χ1n) is 9.89. The summed E-state index contributed by atoms with van der Waals surface area (Å²) >= 11 is 0. The number of nitrogens with one attached hydrogen (secondary N) is 2. The van der Waals surface area contributed by atoms with Crippen LogP contribution in [0.2, 0.25) is 0 Å². The molecule has 0 spiro atoms. The Hall–Kier alpha value is -2.86. The summed E-state index contributed by atoms with van der Waals surface area (Å²) in [5.74, 6) is 2.22. The van der Waals surface area contributed by atoms with Crippen LogP contribution in [0.1, 0.15) is 18.7 Å². The summed E-state index contributed by atoms with van der Waals surface area (Å²) in [6.07, 6.45) is 2.22. The number of ether oxygens (including phenoxy) is 1. The molecule has 1 amide bonds. The largest absolute Gasteiger partial charge is 0.486 e. The summed E-state index contributed by atoms with van der Waals surface area (Å²) < 4.78 is 7.82. The average molecular weight is 378 g/mol. The number of fused-ring (bicyclic) bond motifs is 1. The van der Waals surface area contributed by atoms with Gasteiger partial charge in [-0.25, -0.2) is 4.98 Å². The molecule has 6 heteroatoms. The van der Waals surface area contributed by atoms with Gasteiger partial charge in [-0.1, -0.05) is 30.3 Å². The quantitative estimate of drug-likeness (QED) is 0.632. The zero-order valence-corrected chi connectivity index (χ0v) is 15.9. The lowest BCUT2D eigenvalue weighted by molar-refractivity contribution is -0.121. The van der Waals surface area contributed by atoms with Gasteiger partial charge in [0.05, 0.1) is 11.0 Å². The smallest absolute Gasteiger partial charge is 0.240 e. The normalized spacial score (nSPS) is 16.4. The van der Waals surface area contributed by atoms with Crippen LogP contribution in [0.5, 0.6) is 5.75 Å². The fraction of sp³-hybridized carbons (Fsp3) is 0.364. The molecule has 28 heavy (non-hydrogen) atoms. The number of hydrogen-bond acceptors (Lipinski definition) is 4. The van der Waals surface area contributed by atoms with E-state index in [0.29, 0.717) is 19.1 Å². The average Bonchev–Trinajstić information content (AvgIpc) is 3.36. The Bertz CT molecular complexity index is 917. The van der Waals surface area contributed by atoms with E-state index in [0.717, 1.165) is 42.1 Å². The number of nitrogens with zero attached hydrogens (tertiary/aromatic N) is 2. The highest BCUT2D eigenvalue weighted by molar-refractivity contribution is 5.81. The first-order chi connectivity index (χ1) is 13.8. The summed E-state index contributed by atoms with van der Waals surface area (Å²) in [6.45, 7) is 3.43. The minimum atomic E-state index is 0.00932. The van der Waals surface area contributed by atoms with Crippen LogP contribution in [-0.2, 0) is 17.9 Å². The highest BCUT2D eigenvalue weighted by Crippen LogP contribution is 2.18. The van der Waals surface area contributed by atoms with Crippen LogP contribution in [-0.4, -0.2) is 35.1 Å². The minimum Gasteiger partial charge on any atom is -0.486 e. The van der Waals surface area contributed by atoms with Gasteiger partial charge in [0, 0.05) is 6.54 Å². The summed E-state index contributed by atoms with van der Waals surface area (Å²) in [5, 5.41) is 6.42. The molecular formula is C22H26N4O2. The standard InChI is InChI=1S/C22H26N4O2/c27-22(24-13-11-17-10-12-23-14-17)15-26-20-9-5-4-8-19(20)25-21(26)16-28-18-6-2-1-3-7-18/h1-9,17,23H,10-16H2,(H,24,27). The molecule has 1 atom stereocenters. The van der Waals surface area contributed by atoms with E-state index in [2.05, 4.69) is 15.6 Å². The highest BCUT2D eigenvalue weighted by atomic mass is 16.5. The van der Waals surface area contributed by atoms with Gasteiger partial charge in [0.25, 0.3) is 0 Å². The van der Waals surface area contributed by atoms with Crippen LogP contribution < -0.4 is 15.4 Å². The second-order valence-electron chi connectivity index (χ2n) is 7.20. The van der Waals surface area contributed by atoms with E-state index in [9.17, 15) is 4.79 Å². The zero-order chi connectivity index (χ0) is 19.2. The monoisotopic (exact) mass is 378 g/mol. The lowest BCUT2D eigenvalue weighted by Crippen LogP contribution is -2.30. The molecule has 1 aliphatic rings. The van der Waals surface area contributed by atoms with Crippen molar-refractivity contribution in [3.63, 3.8) is 0 Å². The number of carbonyl (C=O) groups excluding carboxylic acids is 1. The third-order valence-corrected chi connectivity index (χ3v) is 5.18. The lowest BCUT2D eigenvalue weighted by Gasteiger charge is -2.12. The van der Waals surface area contributed by atoms with E-state index in [1.165, 1.54) is 6.42 Å². The Morgan fingerprint density at radius 2 is 2.00 bits per heavy atom. The number of imidazole rings is 1. The second kappa shape index (κ2) is 8.89. The van der Waals surface area contributed by atoms with Crippen LogP contribution in [0.4, 0.5) is 0 Å². The van der Waals surface area contributed by atoms with Crippen molar-refractivity contribution in [2.24, 2.45) is 5.92 Å². The number of rotatable bonds is 8. The third kappa shape index (κ3) is 4.51. The predicted molar refractivity (Wildman–Crippen MR) is 109 cm³/mol. The van der Waals surface area contributed by atoms with Crippen molar-refractivity contribution in [2.45, 2.75) is 26.0 Å². The van der Waals surface area contributed by atoms with E-state index in [1.54, 1.807) is 0 Å². The van der Waals surface area contributed by atoms with Gasteiger partial charge in [0.1, 0.15) is 24.7 Å². The van der Waals surface area contributed by atoms with Crippen LogP contribution >= 0.6 is 0 Å². The van der Waals surface area contributed by atoms with E-state index in [-0.39, 0.29) is 12.5 Å². The molecule has 1 saturated heterocycles. The van der Waals surface area contributed by atoms with Gasteiger partial charge < -0.3 is 19.9 Å². The maximum atomic E-state index is 12.5. The highest BCUT2D eigenvalue weighted by Gasteiger charge is 2.16. The van der Waals surface area contributed by atoms with Gasteiger partial charge in [0.15, 0.2) is 0 Å². The Morgan fingerprint density at radius 1 is 1.18 bits per heavy atom. The Balaban J connectivity index is 1.42. The Kier molecular flexibility index (Phi) is 5.87. The first kappa shape index (κ1) is 18.5. The molecule has 2 aromatic carbocycles. The predicted octanol–water partition coefficient (Wildman–Crippen LogP) is 2.73. The molecule has 2 N–H and O–H groups in total. The maximum Gasteiger partial charge on any atom is 0.240 e. The SMILES string of the molecule is O=C(Cn1c(COc2ccccc2)nc2ccccc21)NCCC1CCNC1. The number of para-hydroxylation sites is 3. The van der Waals surface area contributed by atoms with Crippen molar-refractivity contribution >= 4 is 16.9 Å². The summed E-state index contributed by atoms with van der Waals surface area (Å²) in [4.78, 5) is 17.2. The van der Waals surface area contributed by atoms with Crippen LogP contribution in [0.3, 0.4) is 0 Å². The molecule has 3 aromatic rings. The zero-order valence-electron chi connectivity index (χ0n) is 15.9. The maximum absolute atomic E-state index is 12.5. The Morgan fingerprint density at radius 3 is 2.82 bits per heavy atom. The van der Waals surface area contributed by atoms with Crippen molar-refractivity contribution in [1.82, 2.24) is 20.2 Å². The molecule has 0 radical (unpaired) electrons. The van der Waals surface area contributed by atoms with Crippen molar-refractivity contribution in [2.75, 3.05) is 19.6 Å². The lowest BCUT2D eigenvalue weighted by atomic mass is 10.1. The summed E-state index contributed by atoms with van der Waals surface area (Å²) in [7, 11) is 0. The van der Waals surface area contributed by atoms with Crippen LogP contribution in [0, 0.1) is 5.92 Å². The van der Waals surface area contributed by atoms with Crippen molar-refractivity contribution in [3.8, 4) is 5.75 Å². The fourth-order valence-electron chi connectivity index (χ4n) is 3.65. The Labute approximate surface area is 164 Å². The van der Waals surface area contributed by atoms with Crippen LogP contribution in [0.25, 0.3) is 11.0 Å². The van der Waals surface area contributed by atoms with Crippen LogP contribution in [0.15, 0.2) is 54.6 Å². The molecule has 1 aromatic heterocycles. The molecule has 6 nitrogen and oxygen atoms in total. The first-order valence-corrected chi connectivity index (χ1v) is 9.89.